The standard InChI is InChI=1S/C23H24N4O6S/c1-4-26(5-2)23-21(16-8-12-18(32-3)13-9-16)22(34(30,31)25-23)20-14-19(24-33-20)15-6-10-17(11-7-15)27(28)29/h6-13,20H,4-5,14H2,1-3H3. The maximum Gasteiger partial charge on any atom is 0.285 e. The second-order valence-corrected chi connectivity index (χ2v) is 9.24. The molecule has 2 aromatic carbocycles. The highest BCUT2D eigenvalue weighted by Gasteiger charge is 2.43. The molecular formula is C23H24N4O6S. The summed E-state index contributed by atoms with van der Waals surface area (Å²) in [6, 6.07) is 13.0. The number of hydrogen-bond donors (Lipinski definition) is 0. The maximum atomic E-state index is 13.3. The lowest BCUT2D eigenvalue weighted by atomic mass is 9.98. The van der Waals surface area contributed by atoms with E-state index in [1.54, 1.807) is 43.5 Å². The fourth-order valence-electron chi connectivity index (χ4n) is 4.01. The Morgan fingerprint density at radius 3 is 2.26 bits per heavy atom. The van der Waals surface area contributed by atoms with E-state index in [4.69, 9.17) is 9.57 Å². The normalized spacial score (nSPS) is 18.9. The van der Waals surface area contributed by atoms with E-state index in [1.165, 1.54) is 12.1 Å². The van der Waals surface area contributed by atoms with Crippen LogP contribution in [0, 0.1) is 10.1 Å². The van der Waals surface area contributed by atoms with E-state index < -0.39 is 21.1 Å². The average Bonchev–Trinajstić information content (AvgIpc) is 3.42. The molecule has 0 spiro atoms. The molecule has 0 aliphatic carbocycles. The van der Waals surface area contributed by atoms with E-state index in [2.05, 4.69) is 9.55 Å². The third kappa shape index (κ3) is 4.26. The van der Waals surface area contributed by atoms with E-state index in [1.807, 2.05) is 18.7 Å². The number of oxime groups is 1. The number of likely N-dealkylation sites (N-methyl/N-ethyl adjacent to an activating group) is 1. The largest absolute Gasteiger partial charge is 0.497 e. The fraction of sp³-hybridized carbons (Fsp3) is 0.304. The molecule has 2 aliphatic rings. The smallest absolute Gasteiger partial charge is 0.285 e. The molecule has 0 bridgehead atoms. The Kier molecular flexibility index (Phi) is 6.38. The molecule has 2 aliphatic heterocycles. The Morgan fingerprint density at radius 2 is 1.71 bits per heavy atom. The third-order valence-electron chi connectivity index (χ3n) is 5.77. The van der Waals surface area contributed by atoms with Crippen molar-refractivity contribution in [3.8, 4) is 5.75 Å². The summed E-state index contributed by atoms with van der Waals surface area (Å²) in [5, 5.41) is 15.0. The number of methoxy groups -OCH3 is 1. The van der Waals surface area contributed by atoms with Crippen molar-refractivity contribution in [3.63, 3.8) is 0 Å². The lowest BCUT2D eigenvalue weighted by Crippen LogP contribution is -2.31. The van der Waals surface area contributed by atoms with Gasteiger partial charge in [0.05, 0.1) is 17.7 Å². The van der Waals surface area contributed by atoms with Crippen molar-refractivity contribution in [2.75, 3.05) is 20.2 Å². The molecule has 0 amide bonds. The summed E-state index contributed by atoms with van der Waals surface area (Å²) in [7, 11) is -2.45. The van der Waals surface area contributed by atoms with Gasteiger partial charge in [-0.15, -0.1) is 4.40 Å². The summed E-state index contributed by atoms with van der Waals surface area (Å²) >= 11 is 0. The van der Waals surface area contributed by atoms with Crippen molar-refractivity contribution in [3.05, 3.63) is 74.7 Å². The Bertz CT molecular complexity index is 1290. The Labute approximate surface area is 197 Å². The van der Waals surface area contributed by atoms with Gasteiger partial charge >= 0.3 is 0 Å². The lowest BCUT2D eigenvalue weighted by molar-refractivity contribution is -0.384. The monoisotopic (exact) mass is 484 g/mol. The minimum Gasteiger partial charge on any atom is -0.497 e. The van der Waals surface area contributed by atoms with Crippen molar-refractivity contribution >= 4 is 32.8 Å². The molecule has 0 saturated carbocycles. The zero-order valence-electron chi connectivity index (χ0n) is 19.0. The molecule has 0 aromatic heterocycles. The van der Waals surface area contributed by atoms with Gasteiger partial charge in [0.2, 0.25) is 0 Å². The van der Waals surface area contributed by atoms with Gasteiger partial charge in [-0.3, -0.25) is 10.1 Å². The number of nitro groups is 1. The number of sulfonamides is 1. The molecular weight excluding hydrogens is 460 g/mol. The highest BCUT2D eigenvalue weighted by molar-refractivity contribution is 7.95. The third-order valence-corrected chi connectivity index (χ3v) is 7.21. The second kappa shape index (κ2) is 9.26. The van der Waals surface area contributed by atoms with Gasteiger partial charge in [0.25, 0.3) is 15.7 Å². The first kappa shape index (κ1) is 23.4. The van der Waals surface area contributed by atoms with Crippen LogP contribution in [0.2, 0.25) is 0 Å². The zero-order valence-corrected chi connectivity index (χ0v) is 19.8. The molecule has 34 heavy (non-hydrogen) atoms. The van der Waals surface area contributed by atoms with Crippen molar-refractivity contribution in [2.45, 2.75) is 26.4 Å². The van der Waals surface area contributed by atoms with Crippen molar-refractivity contribution in [1.82, 2.24) is 4.90 Å². The minimum atomic E-state index is -4.01. The predicted molar refractivity (Wildman–Crippen MR) is 128 cm³/mol. The van der Waals surface area contributed by atoms with E-state index in [0.717, 1.165) is 0 Å². The van der Waals surface area contributed by atoms with Crippen LogP contribution in [0.25, 0.3) is 5.57 Å². The first-order valence-electron chi connectivity index (χ1n) is 10.8. The Hall–Kier alpha value is -3.73. The van der Waals surface area contributed by atoms with Gasteiger partial charge in [0.15, 0.2) is 11.9 Å². The van der Waals surface area contributed by atoms with Crippen LogP contribution >= 0.6 is 0 Å². The number of ether oxygens (including phenoxy) is 1. The molecule has 4 rings (SSSR count). The van der Waals surface area contributed by atoms with E-state index in [-0.39, 0.29) is 17.0 Å². The first-order valence-corrected chi connectivity index (χ1v) is 12.2. The number of amidine groups is 1. The molecule has 0 fully saturated rings. The first-order chi connectivity index (χ1) is 16.3. The zero-order chi connectivity index (χ0) is 24.5. The molecule has 2 aromatic rings. The van der Waals surface area contributed by atoms with E-state index in [0.29, 0.717) is 47.1 Å². The number of benzene rings is 2. The van der Waals surface area contributed by atoms with Gasteiger partial charge in [0, 0.05) is 37.2 Å². The van der Waals surface area contributed by atoms with Crippen LogP contribution in [0.5, 0.6) is 5.75 Å². The van der Waals surface area contributed by atoms with Crippen LogP contribution in [0.1, 0.15) is 31.4 Å². The van der Waals surface area contributed by atoms with Crippen LogP contribution in [0.3, 0.4) is 0 Å². The number of nitro benzene ring substituents is 1. The Morgan fingerprint density at radius 1 is 1.09 bits per heavy atom. The molecule has 11 heteroatoms. The van der Waals surface area contributed by atoms with Crippen LogP contribution in [0.15, 0.2) is 63.0 Å². The van der Waals surface area contributed by atoms with Gasteiger partial charge in [-0.1, -0.05) is 17.3 Å². The molecule has 0 N–H and O–H groups in total. The van der Waals surface area contributed by atoms with Crippen molar-refractivity contribution in [1.29, 1.82) is 0 Å². The summed E-state index contributed by atoms with van der Waals surface area (Å²) in [4.78, 5) is 18.0. The summed E-state index contributed by atoms with van der Waals surface area (Å²) < 4.78 is 35.9. The molecule has 10 nitrogen and oxygen atoms in total. The second-order valence-electron chi connectivity index (χ2n) is 7.67. The van der Waals surface area contributed by atoms with Gasteiger partial charge < -0.3 is 14.5 Å². The number of nitrogens with zero attached hydrogens (tertiary/aromatic N) is 4. The highest BCUT2D eigenvalue weighted by atomic mass is 32.2. The predicted octanol–water partition coefficient (Wildman–Crippen LogP) is 3.59. The number of hydrogen-bond acceptors (Lipinski definition) is 8. The van der Waals surface area contributed by atoms with Crippen LogP contribution in [0.4, 0.5) is 5.69 Å². The Balaban J connectivity index is 1.75. The SMILES string of the molecule is CCN(CC)C1=NS(=O)(=O)C(C2CC(c3ccc([N+](=O)[O-])cc3)=NO2)=C1c1ccc(OC)cc1. The average molecular weight is 485 g/mol. The van der Waals surface area contributed by atoms with Crippen LogP contribution in [-0.2, 0) is 14.9 Å². The van der Waals surface area contributed by atoms with Gasteiger partial charge in [-0.05, 0) is 49.2 Å². The minimum absolute atomic E-state index is 0.0417. The van der Waals surface area contributed by atoms with Crippen LogP contribution in [-0.4, -0.2) is 56.1 Å². The van der Waals surface area contributed by atoms with Gasteiger partial charge in [-0.25, -0.2) is 0 Å². The fourth-order valence-corrected chi connectivity index (χ4v) is 5.47. The molecule has 2 heterocycles. The molecule has 0 radical (unpaired) electrons. The van der Waals surface area contributed by atoms with Crippen molar-refractivity contribution < 1.29 is 22.9 Å². The summed E-state index contributed by atoms with van der Waals surface area (Å²) in [6.45, 7) is 5.02. The number of non-ortho nitro benzene ring substituents is 1. The quantitative estimate of drug-likeness (QED) is 0.434. The van der Waals surface area contributed by atoms with Crippen LogP contribution < -0.4 is 4.74 Å². The van der Waals surface area contributed by atoms with Crippen molar-refractivity contribution in [2.24, 2.45) is 9.55 Å². The molecule has 178 valence electrons. The number of rotatable bonds is 7. The molecule has 0 saturated heterocycles. The molecule has 1 atom stereocenters. The van der Waals surface area contributed by atoms with Gasteiger partial charge in [-0.2, -0.15) is 8.42 Å². The topological polar surface area (TPSA) is 124 Å². The summed E-state index contributed by atoms with van der Waals surface area (Å²) in [6.07, 6.45) is -0.684. The van der Waals surface area contributed by atoms with E-state index in [9.17, 15) is 18.5 Å². The lowest BCUT2D eigenvalue weighted by Gasteiger charge is -2.23. The molecule has 1 unspecified atom stereocenters. The maximum absolute atomic E-state index is 13.3. The highest BCUT2D eigenvalue weighted by Crippen LogP contribution is 2.39. The van der Waals surface area contributed by atoms with Gasteiger partial charge in [0.1, 0.15) is 10.7 Å². The van der Waals surface area contributed by atoms with E-state index >= 15 is 0 Å². The summed E-state index contributed by atoms with van der Waals surface area (Å²) in [5.74, 6) is 1.02. The summed E-state index contributed by atoms with van der Waals surface area (Å²) in [5.41, 5.74) is 2.25.